The Bertz CT molecular complexity index is 505. The summed E-state index contributed by atoms with van der Waals surface area (Å²) in [5.41, 5.74) is 2.84. The fraction of sp³-hybridized carbons (Fsp3) is 0.444. The Kier molecular flexibility index (Phi) is 5.28. The van der Waals surface area contributed by atoms with E-state index in [-0.39, 0.29) is 0 Å². The van der Waals surface area contributed by atoms with Crippen molar-refractivity contribution in [1.82, 2.24) is 4.98 Å². The van der Waals surface area contributed by atoms with Crippen molar-refractivity contribution in [1.29, 1.82) is 0 Å². The summed E-state index contributed by atoms with van der Waals surface area (Å²) in [6, 6.07) is 8.81. The van der Waals surface area contributed by atoms with E-state index in [1.807, 2.05) is 12.4 Å². The van der Waals surface area contributed by atoms with Gasteiger partial charge in [0.15, 0.2) is 12.4 Å². The molecule has 0 saturated heterocycles. The first kappa shape index (κ1) is 14.7. The van der Waals surface area contributed by atoms with E-state index in [9.17, 15) is 0 Å². The topological polar surface area (TPSA) is 16.8 Å². The summed E-state index contributed by atoms with van der Waals surface area (Å²) in [5.74, 6) is 1.20. The molecule has 20 heavy (non-hydrogen) atoms. The second-order valence-electron chi connectivity index (χ2n) is 5.48. The minimum atomic E-state index is 0.571. The van der Waals surface area contributed by atoms with Crippen molar-refractivity contribution in [2.24, 2.45) is 0 Å². The third-order valence-electron chi connectivity index (χ3n) is 4.16. The average molecular weight is 269 g/mol. The normalized spacial score (nSPS) is 13.9. The number of pyridine rings is 2. The lowest BCUT2D eigenvalue weighted by molar-refractivity contribution is -0.693. The molecule has 2 atom stereocenters. The molecule has 2 rings (SSSR count). The monoisotopic (exact) mass is 269 g/mol. The average Bonchev–Trinajstić information content (AvgIpc) is 2.53. The van der Waals surface area contributed by atoms with Crippen LogP contribution in [-0.4, -0.2) is 4.98 Å². The molecule has 0 fully saturated rings. The zero-order valence-electron chi connectivity index (χ0n) is 12.8. The summed E-state index contributed by atoms with van der Waals surface area (Å²) in [4.78, 5) is 4.10. The van der Waals surface area contributed by atoms with Crippen molar-refractivity contribution in [2.75, 3.05) is 0 Å². The highest BCUT2D eigenvalue weighted by atomic mass is 14.9. The highest BCUT2D eigenvalue weighted by Crippen LogP contribution is 2.31. The van der Waals surface area contributed by atoms with E-state index in [2.05, 4.69) is 67.0 Å². The summed E-state index contributed by atoms with van der Waals surface area (Å²) < 4.78 is 2.21. The number of nitrogens with zero attached hydrogens (tertiary/aromatic N) is 2. The van der Waals surface area contributed by atoms with Gasteiger partial charge in [0.05, 0.1) is 0 Å². The number of hydrogen-bond donors (Lipinski definition) is 0. The standard InChI is InChI=1S/C18H25N2/c1-4-16(18-8-12-20(5-2)13-9-18)14-15(3)17-6-10-19-11-7-17/h6-13,15-16H,4-5,14H2,1-3H3/q+1. The Morgan fingerprint density at radius 3 is 2.20 bits per heavy atom. The van der Waals surface area contributed by atoms with Crippen LogP contribution >= 0.6 is 0 Å². The van der Waals surface area contributed by atoms with E-state index in [1.165, 1.54) is 24.0 Å². The van der Waals surface area contributed by atoms with Crippen molar-refractivity contribution in [3.8, 4) is 0 Å². The van der Waals surface area contributed by atoms with Gasteiger partial charge in [0.25, 0.3) is 0 Å². The molecule has 2 unspecified atom stereocenters. The van der Waals surface area contributed by atoms with Crippen LogP contribution in [-0.2, 0) is 6.54 Å². The molecule has 0 saturated carbocycles. The van der Waals surface area contributed by atoms with Crippen LogP contribution in [0, 0.1) is 0 Å². The molecular formula is C18H25N2+. The van der Waals surface area contributed by atoms with E-state index in [0.29, 0.717) is 11.8 Å². The maximum absolute atomic E-state index is 4.10. The molecule has 2 heteroatoms. The van der Waals surface area contributed by atoms with Gasteiger partial charge in [0, 0.05) is 24.5 Å². The predicted molar refractivity (Wildman–Crippen MR) is 82.6 cm³/mol. The van der Waals surface area contributed by atoms with Crippen LogP contribution in [0.4, 0.5) is 0 Å². The largest absolute Gasteiger partial charge is 0.265 e. The van der Waals surface area contributed by atoms with Crippen LogP contribution in [0.2, 0.25) is 0 Å². The molecule has 0 N–H and O–H groups in total. The first-order chi connectivity index (χ1) is 9.74. The van der Waals surface area contributed by atoms with Gasteiger partial charge in [0.2, 0.25) is 0 Å². The Morgan fingerprint density at radius 2 is 1.65 bits per heavy atom. The summed E-state index contributed by atoms with van der Waals surface area (Å²) in [6.07, 6.45) is 10.5. The van der Waals surface area contributed by atoms with Gasteiger partial charge in [-0.05, 0) is 54.9 Å². The number of aromatic nitrogens is 2. The van der Waals surface area contributed by atoms with E-state index >= 15 is 0 Å². The summed E-state index contributed by atoms with van der Waals surface area (Å²) in [5, 5.41) is 0. The van der Waals surface area contributed by atoms with Gasteiger partial charge < -0.3 is 0 Å². The fourth-order valence-corrected chi connectivity index (χ4v) is 2.75. The molecule has 2 aromatic heterocycles. The number of rotatable bonds is 6. The van der Waals surface area contributed by atoms with Crippen LogP contribution in [0.15, 0.2) is 49.1 Å². The maximum atomic E-state index is 4.10. The minimum Gasteiger partial charge on any atom is -0.265 e. The van der Waals surface area contributed by atoms with Gasteiger partial charge in [-0.2, -0.15) is 0 Å². The third-order valence-corrected chi connectivity index (χ3v) is 4.16. The second kappa shape index (κ2) is 7.18. The van der Waals surface area contributed by atoms with Crippen LogP contribution in [0.3, 0.4) is 0 Å². The second-order valence-corrected chi connectivity index (χ2v) is 5.48. The van der Waals surface area contributed by atoms with Crippen molar-refractivity contribution >= 4 is 0 Å². The Hall–Kier alpha value is -1.70. The molecule has 0 aliphatic carbocycles. The van der Waals surface area contributed by atoms with Crippen LogP contribution in [0.1, 0.15) is 56.6 Å². The molecular weight excluding hydrogens is 244 g/mol. The summed E-state index contributed by atoms with van der Waals surface area (Å²) in [7, 11) is 0. The smallest absolute Gasteiger partial charge is 0.169 e. The van der Waals surface area contributed by atoms with Crippen molar-refractivity contribution in [3.63, 3.8) is 0 Å². The summed E-state index contributed by atoms with van der Waals surface area (Å²) in [6.45, 7) is 7.80. The SMILES string of the molecule is CCC(CC(C)c1ccncc1)c1cc[n+](CC)cc1. The maximum Gasteiger partial charge on any atom is 0.169 e. The van der Waals surface area contributed by atoms with Gasteiger partial charge in [-0.3, -0.25) is 4.98 Å². The zero-order chi connectivity index (χ0) is 14.4. The fourth-order valence-electron chi connectivity index (χ4n) is 2.75. The molecule has 2 nitrogen and oxygen atoms in total. The lowest BCUT2D eigenvalue weighted by Crippen LogP contribution is -2.30. The van der Waals surface area contributed by atoms with Gasteiger partial charge in [-0.25, -0.2) is 4.57 Å². The summed E-state index contributed by atoms with van der Waals surface area (Å²) >= 11 is 0. The molecule has 2 heterocycles. The van der Waals surface area contributed by atoms with Crippen LogP contribution in [0.25, 0.3) is 0 Å². The number of hydrogen-bond acceptors (Lipinski definition) is 1. The molecule has 106 valence electrons. The number of aryl methyl sites for hydroxylation is 1. The first-order valence-electron chi connectivity index (χ1n) is 7.63. The quantitative estimate of drug-likeness (QED) is 0.722. The first-order valence-corrected chi connectivity index (χ1v) is 7.63. The van der Waals surface area contributed by atoms with E-state index < -0.39 is 0 Å². The lowest BCUT2D eigenvalue weighted by atomic mass is 9.85. The minimum absolute atomic E-state index is 0.571. The van der Waals surface area contributed by atoms with Crippen LogP contribution in [0.5, 0.6) is 0 Å². The van der Waals surface area contributed by atoms with Crippen molar-refractivity contribution < 1.29 is 4.57 Å². The van der Waals surface area contributed by atoms with Crippen molar-refractivity contribution in [2.45, 2.75) is 52.0 Å². The Balaban J connectivity index is 2.08. The molecule has 0 radical (unpaired) electrons. The lowest BCUT2D eigenvalue weighted by Gasteiger charge is -2.20. The molecule has 0 aliphatic rings. The Morgan fingerprint density at radius 1 is 1.00 bits per heavy atom. The van der Waals surface area contributed by atoms with Gasteiger partial charge in [0.1, 0.15) is 6.54 Å². The van der Waals surface area contributed by atoms with E-state index in [1.54, 1.807) is 0 Å². The van der Waals surface area contributed by atoms with E-state index in [0.717, 1.165) is 6.54 Å². The van der Waals surface area contributed by atoms with Crippen molar-refractivity contribution in [3.05, 3.63) is 60.2 Å². The predicted octanol–water partition coefficient (Wildman–Crippen LogP) is 4.08. The molecule has 0 spiro atoms. The molecule has 0 aliphatic heterocycles. The van der Waals surface area contributed by atoms with Crippen LogP contribution < -0.4 is 4.57 Å². The molecule has 2 aromatic rings. The van der Waals surface area contributed by atoms with E-state index in [4.69, 9.17) is 0 Å². The third kappa shape index (κ3) is 3.66. The molecule has 0 amide bonds. The van der Waals surface area contributed by atoms with Gasteiger partial charge >= 0.3 is 0 Å². The highest BCUT2D eigenvalue weighted by Gasteiger charge is 2.16. The highest BCUT2D eigenvalue weighted by molar-refractivity contribution is 5.19. The van der Waals surface area contributed by atoms with Gasteiger partial charge in [-0.1, -0.05) is 13.8 Å². The Labute approximate surface area is 122 Å². The zero-order valence-corrected chi connectivity index (χ0v) is 12.8. The molecule has 0 aromatic carbocycles. The molecule has 0 bridgehead atoms. The van der Waals surface area contributed by atoms with Gasteiger partial charge in [-0.15, -0.1) is 0 Å².